The number of nitrogens with zero attached hydrogens (tertiary/aromatic N) is 1. The smallest absolute Gasteiger partial charge is 0.250 e. The monoisotopic (exact) mass is 407 g/mol. The van der Waals surface area contributed by atoms with Gasteiger partial charge in [0.1, 0.15) is 11.3 Å². The summed E-state index contributed by atoms with van der Waals surface area (Å²) in [6.07, 6.45) is -0.940. The van der Waals surface area contributed by atoms with Crippen molar-refractivity contribution in [2.45, 2.75) is 24.6 Å². The van der Waals surface area contributed by atoms with Crippen LogP contribution in [0, 0.1) is 11.8 Å². The van der Waals surface area contributed by atoms with Crippen LogP contribution in [0.1, 0.15) is 12.5 Å². The normalized spacial score (nSPS) is 30.4. The van der Waals surface area contributed by atoms with Crippen LogP contribution in [0.3, 0.4) is 0 Å². The fourth-order valence-electron chi connectivity index (χ4n) is 5.09. The van der Waals surface area contributed by atoms with Crippen LogP contribution in [0.25, 0.3) is 0 Å². The first-order valence-electron chi connectivity index (χ1n) is 9.78. The van der Waals surface area contributed by atoms with Gasteiger partial charge in [0.25, 0.3) is 0 Å². The quantitative estimate of drug-likeness (QED) is 0.656. The highest BCUT2D eigenvalue weighted by Gasteiger charge is 2.71. The third-order valence-corrected chi connectivity index (χ3v) is 6.41. The van der Waals surface area contributed by atoms with Crippen molar-refractivity contribution in [3.05, 3.63) is 54.1 Å². The Morgan fingerprint density at radius 1 is 1.07 bits per heavy atom. The highest BCUT2D eigenvalue weighted by Crippen LogP contribution is 2.53. The minimum Gasteiger partial charge on any atom is -0.497 e. The number of aliphatic hydroxyl groups excluding tert-OH is 1. The molecule has 0 aliphatic carbocycles. The molecule has 0 aromatic heterocycles. The molecule has 0 saturated carbocycles. The van der Waals surface area contributed by atoms with Gasteiger partial charge in [-0.15, -0.1) is 0 Å². The minimum absolute atomic E-state index is 0.389. The predicted octanol–water partition coefficient (Wildman–Crippen LogP) is 1.00. The average Bonchev–Trinajstić information content (AvgIpc) is 3.33. The van der Waals surface area contributed by atoms with Crippen molar-refractivity contribution in [2.75, 3.05) is 17.3 Å². The number of aliphatic hydroxyl groups is 1. The Bertz CT molecular complexity index is 1070. The zero-order valence-electron chi connectivity index (χ0n) is 16.5. The Hall–Kier alpha value is -3.23. The molecule has 2 aromatic rings. The Morgan fingerprint density at radius 3 is 2.43 bits per heavy atom. The van der Waals surface area contributed by atoms with Gasteiger partial charge in [0, 0.05) is 17.3 Å². The highest BCUT2D eigenvalue weighted by atomic mass is 16.5. The van der Waals surface area contributed by atoms with Gasteiger partial charge in [-0.3, -0.25) is 19.7 Å². The maximum atomic E-state index is 13.6. The number of nitrogens with one attached hydrogen (secondary N) is 2. The lowest BCUT2D eigenvalue weighted by molar-refractivity contribution is -0.130. The minimum atomic E-state index is -1.41. The lowest BCUT2D eigenvalue weighted by Gasteiger charge is -2.30. The topological polar surface area (TPSA) is 108 Å². The third kappa shape index (κ3) is 2.26. The van der Waals surface area contributed by atoms with Crippen LogP contribution in [0.2, 0.25) is 0 Å². The van der Waals surface area contributed by atoms with E-state index in [9.17, 15) is 19.5 Å². The molecule has 30 heavy (non-hydrogen) atoms. The number of benzene rings is 2. The zero-order valence-corrected chi connectivity index (χ0v) is 16.5. The number of rotatable bonds is 3. The molecule has 3 aliphatic heterocycles. The molecule has 3 aliphatic rings. The maximum Gasteiger partial charge on any atom is 0.250 e. The summed E-state index contributed by atoms with van der Waals surface area (Å²) in [6.45, 7) is 1.56. The van der Waals surface area contributed by atoms with E-state index in [2.05, 4.69) is 10.6 Å². The molecule has 3 amide bonds. The fourth-order valence-corrected chi connectivity index (χ4v) is 5.09. The van der Waals surface area contributed by atoms with Gasteiger partial charge in [0.15, 0.2) is 0 Å². The number of anilines is 2. The summed E-state index contributed by atoms with van der Waals surface area (Å²) < 4.78 is 5.15. The Kier molecular flexibility index (Phi) is 4.00. The van der Waals surface area contributed by atoms with E-state index in [0.29, 0.717) is 22.7 Å². The molecule has 3 N–H and O–H groups in total. The van der Waals surface area contributed by atoms with E-state index in [1.165, 1.54) is 7.11 Å². The predicted molar refractivity (Wildman–Crippen MR) is 108 cm³/mol. The summed E-state index contributed by atoms with van der Waals surface area (Å²) in [5.74, 6) is -2.51. The Labute approximate surface area is 172 Å². The molecular formula is C22H21N3O5. The number of fused-ring (bicyclic) bond motifs is 4. The summed E-state index contributed by atoms with van der Waals surface area (Å²) in [4.78, 5) is 41.3. The van der Waals surface area contributed by atoms with E-state index in [0.717, 1.165) is 4.90 Å². The number of ether oxygens (including phenoxy) is 1. The van der Waals surface area contributed by atoms with Crippen LogP contribution in [0.15, 0.2) is 48.5 Å². The second-order valence-corrected chi connectivity index (χ2v) is 7.93. The summed E-state index contributed by atoms with van der Waals surface area (Å²) in [7, 11) is 1.53. The van der Waals surface area contributed by atoms with Gasteiger partial charge < -0.3 is 15.2 Å². The molecule has 0 radical (unpaired) electrons. The Morgan fingerprint density at radius 2 is 1.77 bits per heavy atom. The molecule has 5 atom stereocenters. The van der Waals surface area contributed by atoms with Gasteiger partial charge >= 0.3 is 0 Å². The number of para-hydroxylation sites is 1. The van der Waals surface area contributed by atoms with Gasteiger partial charge in [-0.25, -0.2) is 4.90 Å². The molecule has 2 fully saturated rings. The van der Waals surface area contributed by atoms with Crippen molar-refractivity contribution in [2.24, 2.45) is 11.8 Å². The first kappa shape index (κ1) is 18.8. The first-order valence-corrected chi connectivity index (χ1v) is 9.78. The second-order valence-electron chi connectivity index (χ2n) is 7.93. The second kappa shape index (κ2) is 6.38. The molecule has 0 bridgehead atoms. The number of carbonyl (C=O) groups excluding carboxylic acids is 3. The summed E-state index contributed by atoms with van der Waals surface area (Å²) in [5, 5.41) is 16.4. The summed E-state index contributed by atoms with van der Waals surface area (Å²) in [5.41, 5.74) is 0.220. The van der Waals surface area contributed by atoms with Crippen LogP contribution >= 0.6 is 0 Å². The van der Waals surface area contributed by atoms with E-state index in [4.69, 9.17) is 4.74 Å². The zero-order chi connectivity index (χ0) is 21.2. The van der Waals surface area contributed by atoms with Gasteiger partial charge in [0.2, 0.25) is 17.7 Å². The van der Waals surface area contributed by atoms with E-state index in [-0.39, 0.29) is 5.91 Å². The number of amides is 3. The molecular weight excluding hydrogens is 386 g/mol. The standard InChI is InChI=1S/C22H21N3O5/c1-11(26)18-16-17(22(24-18)14-5-3-4-6-15(14)23-21(22)29)20(28)25(19(16)27)12-7-9-13(30-2)10-8-12/h3-11,16-18,24,26H,1-2H3,(H,23,29)/t11-,16+,17+,18+,22+/m1/s1. The van der Waals surface area contributed by atoms with E-state index >= 15 is 0 Å². The van der Waals surface area contributed by atoms with Gasteiger partial charge in [0.05, 0.1) is 30.7 Å². The highest BCUT2D eigenvalue weighted by molar-refractivity contribution is 6.25. The van der Waals surface area contributed by atoms with Crippen LogP contribution in [0.4, 0.5) is 11.4 Å². The van der Waals surface area contributed by atoms with Gasteiger partial charge in [-0.2, -0.15) is 0 Å². The van der Waals surface area contributed by atoms with Crippen molar-refractivity contribution in [1.82, 2.24) is 5.32 Å². The lowest BCUT2D eigenvalue weighted by atomic mass is 9.76. The molecule has 8 nitrogen and oxygen atoms in total. The fraction of sp³-hybridized carbons (Fsp3) is 0.318. The maximum absolute atomic E-state index is 13.6. The molecule has 0 unspecified atom stereocenters. The van der Waals surface area contributed by atoms with Crippen LogP contribution in [-0.2, 0) is 19.9 Å². The molecule has 154 valence electrons. The average molecular weight is 407 g/mol. The molecule has 2 saturated heterocycles. The van der Waals surface area contributed by atoms with Crippen molar-refractivity contribution < 1.29 is 24.2 Å². The van der Waals surface area contributed by atoms with E-state index in [1.54, 1.807) is 55.5 Å². The van der Waals surface area contributed by atoms with Crippen molar-refractivity contribution in [3.8, 4) is 5.75 Å². The van der Waals surface area contributed by atoms with Crippen LogP contribution < -0.4 is 20.3 Å². The number of hydrogen-bond donors (Lipinski definition) is 3. The van der Waals surface area contributed by atoms with E-state index < -0.39 is 41.3 Å². The largest absolute Gasteiger partial charge is 0.497 e. The Balaban J connectivity index is 1.65. The van der Waals surface area contributed by atoms with Crippen LogP contribution in [0.5, 0.6) is 5.75 Å². The third-order valence-electron chi connectivity index (χ3n) is 6.41. The molecule has 8 heteroatoms. The number of carbonyl (C=O) groups is 3. The van der Waals surface area contributed by atoms with Gasteiger partial charge in [-0.05, 0) is 37.3 Å². The molecule has 5 rings (SSSR count). The first-order chi connectivity index (χ1) is 14.4. The number of hydrogen-bond acceptors (Lipinski definition) is 6. The van der Waals surface area contributed by atoms with Crippen molar-refractivity contribution >= 4 is 29.1 Å². The lowest BCUT2D eigenvalue weighted by Crippen LogP contribution is -2.54. The molecule has 2 aromatic carbocycles. The van der Waals surface area contributed by atoms with Gasteiger partial charge in [-0.1, -0.05) is 18.2 Å². The van der Waals surface area contributed by atoms with Crippen LogP contribution in [-0.4, -0.2) is 42.1 Å². The molecule has 1 spiro atoms. The van der Waals surface area contributed by atoms with Crippen molar-refractivity contribution in [3.63, 3.8) is 0 Å². The van der Waals surface area contributed by atoms with Crippen molar-refractivity contribution in [1.29, 1.82) is 0 Å². The summed E-state index contributed by atoms with van der Waals surface area (Å²) in [6, 6.07) is 13.0. The van der Waals surface area contributed by atoms with E-state index in [1.807, 2.05) is 0 Å². The SMILES string of the molecule is COc1ccc(N2C(=O)[C@@H]3[C@H]([C@@H](C)O)N[C@]4(C(=O)Nc5ccccc54)[C@@H]3C2=O)cc1. The molecule has 3 heterocycles. The summed E-state index contributed by atoms with van der Waals surface area (Å²) >= 11 is 0. The number of methoxy groups -OCH3 is 1. The number of imide groups is 1.